The molecule has 19 heavy (non-hydrogen) atoms. The van der Waals surface area contributed by atoms with Crippen molar-refractivity contribution in [3.05, 3.63) is 29.3 Å². The lowest BCUT2D eigenvalue weighted by molar-refractivity contribution is 0.00460. The molecule has 2 N–H and O–H groups in total. The van der Waals surface area contributed by atoms with Gasteiger partial charge in [-0.25, -0.2) is 0 Å². The van der Waals surface area contributed by atoms with Crippen molar-refractivity contribution in [3.63, 3.8) is 0 Å². The van der Waals surface area contributed by atoms with Gasteiger partial charge in [0.2, 0.25) is 0 Å². The maximum Gasteiger partial charge on any atom is 0.123 e. The van der Waals surface area contributed by atoms with E-state index in [4.69, 9.17) is 15.2 Å². The number of hydrogen-bond donors (Lipinski definition) is 1. The smallest absolute Gasteiger partial charge is 0.123 e. The number of benzene rings is 1. The third-order valence-corrected chi connectivity index (χ3v) is 3.95. The van der Waals surface area contributed by atoms with Gasteiger partial charge in [-0.1, -0.05) is 31.9 Å². The van der Waals surface area contributed by atoms with Gasteiger partial charge in [0.1, 0.15) is 5.75 Å². The largest absolute Gasteiger partial charge is 0.496 e. The summed E-state index contributed by atoms with van der Waals surface area (Å²) in [6, 6.07) is 6.15. The van der Waals surface area contributed by atoms with E-state index in [9.17, 15) is 0 Å². The molecule has 0 saturated heterocycles. The molecule has 2 unspecified atom stereocenters. The fourth-order valence-electron chi connectivity index (χ4n) is 2.79. The molecular formula is C16H25NO2. The molecule has 3 heteroatoms. The second-order valence-electron chi connectivity index (χ2n) is 5.56. The Morgan fingerprint density at radius 2 is 2.16 bits per heavy atom. The zero-order valence-electron chi connectivity index (χ0n) is 12.0. The van der Waals surface area contributed by atoms with Gasteiger partial charge in [0.05, 0.1) is 19.8 Å². The quantitative estimate of drug-likeness (QED) is 0.887. The molecule has 0 bridgehead atoms. The molecule has 0 radical (unpaired) electrons. The van der Waals surface area contributed by atoms with Gasteiger partial charge in [-0.05, 0) is 30.4 Å². The van der Waals surface area contributed by atoms with E-state index in [0.717, 1.165) is 22.8 Å². The zero-order valence-corrected chi connectivity index (χ0v) is 12.0. The molecule has 0 aromatic heterocycles. The van der Waals surface area contributed by atoms with Gasteiger partial charge in [0, 0.05) is 12.1 Å². The highest BCUT2D eigenvalue weighted by Crippen LogP contribution is 2.27. The normalized spacial score (nSPS) is 23.3. The van der Waals surface area contributed by atoms with Crippen LogP contribution in [-0.2, 0) is 17.9 Å². The Hall–Kier alpha value is -1.06. The van der Waals surface area contributed by atoms with Crippen molar-refractivity contribution in [1.29, 1.82) is 0 Å². The van der Waals surface area contributed by atoms with E-state index in [0.29, 0.717) is 19.3 Å². The van der Waals surface area contributed by atoms with Crippen molar-refractivity contribution in [3.8, 4) is 5.75 Å². The highest BCUT2D eigenvalue weighted by molar-refractivity contribution is 5.37. The molecule has 1 saturated carbocycles. The van der Waals surface area contributed by atoms with Gasteiger partial charge < -0.3 is 15.2 Å². The number of rotatable bonds is 5. The highest BCUT2D eigenvalue weighted by atomic mass is 16.5. The molecule has 0 aliphatic heterocycles. The maximum atomic E-state index is 6.03. The highest BCUT2D eigenvalue weighted by Gasteiger charge is 2.19. The molecule has 0 spiro atoms. The van der Waals surface area contributed by atoms with Crippen LogP contribution in [0.2, 0.25) is 0 Å². The first-order chi connectivity index (χ1) is 9.22. The Kier molecular flexibility index (Phi) is 5.23. The Bertz CT molecular complexity index is 406. The van der Waals surface area contributed by atoms with Crippen molar-refractivity contribution in [1.82, 2.24) is 0 Å². The molecule has 1 aliphatic rings. The molecule has 1 aromatic carbocycles. The first-order valence-electron chi connectivity index (χ1n) is 7.20. The van der Waals surface area contributed by atoms with Crippen LogP contribution >= 0.6 is 0 Å². The fourth-order valence-corrected chi connectivity index (χ4v) is 2.79. The summed E-state index contributed by atoms with van der Waals surface area (Å²) in [5, 5.41) is 0. The second kappa shape index (κ2) is 6.92. The molecule has 1 fully saturated rings. The van der Waals surface area contributed by atoms with Crippen molar-refractivity contribution < 1.29 is 9.47 Å². The summed E-state index contributed by atoms with van der Waals surface area (Å²) in [5.41, 5.74) is 7.87. The molecular weight excluding hydrogens is 238 g/mol. The predicted octanol–water partition coefficient (Wildman–Crippen LogP) is 3.25. The van der Waals surface area contributed by atoms with Gasteiger partial charge in [0.15, 0.2) is 0 Å². The summed E-state index contributed by atoms with van der Waals surface area (Å²) in [6.45, 7) is 3.48. The van der Waals surface area contributed by atoms with Crippen molar-refractivity contribution in [2.24, 2.45) is 11.7 Å². The average molecular weight is 263 g/mol. The van der Waals surface area contributed by atoms with Crippen molar-refractivity contribution >= 4 is 0 Å². The van der Waals surface area contributed by atoms with Gasteiger partial charge in [0.25, 0.3) is 0 Å². The number of hydrogen-bond acceptors (Lipinski definition) is 3. The molecule has 0 heterocycles. The van der Waals surface area contributed by atoms with Crippen LogP contribution in [0.4, 0.5) is 0 Å². The lowest BCUT2D eigenvalue weighted by Crippen LogP contribution is -2.21. The van der Waals surface area contributed by atoms with E-state index in [1.54, 1.807) is 7.11 Å². The van der Waals surface area contributed by atoms with Crippen LogP contribution in [0.25, 0.3) is 0 Å². The molecule has 1 aromatic rings. The number of nitrogens with two attached hydrogens (primary N) is 1. The van der Waals surface area contributed by atoms with Gasteiger partial charge >= 0.3 is 0 Å². The topological polar surface area (TPSA) is 44.5 Å². The standard InChI is InChI=1S/C16H25NO2/c1-12-4-3-5-15(8-12)19-11-13-6-7-14(10-17)16(9-13)18-2/h6-7,9,12,15H,3-5,8,10-11,17H2,1-2H3. The predicted molar refractivity (Wildman–Crippen MR) is 77.1 cm³/mol. The Morgan fingerprint density at radius 1 is 1.32 bits per heavy atom. The minimum atomic E-state index is 0.420. The molecule has 1 aliphatic carbocycles. The molecule has 0 amide bonds. The van der Waals surface area contributed by atoms with E-state index in [-0.39, 0.29) is 0 Å². The lowest BCUT2D eigenvalue weighted by Gasteiger charge is -2.26. The van der Waals surface area contributed by atoms with Crippen LogP contribution in [0.1, 0.15) is 43.7 Å². The third kappa shape index (κ3) is 3.95. The molecule has 106 valence electrons. The monoisotopic (exact) mass is 263 g/mol. The van der Waals surface area contributed by atoms with E-state index in [1.807, 2.05) is 12.1 Å². The van der Waals surface area contributed by atoms with E-state index < -0.39 is 0 Å². The summed E-state index contributed by atoms with van der Waals surface area (Å²) < 4.78 is 11.4. The zero-order chi connectivity index (χ0) is 13.7. The van der Waals surface area contributed by atoms with Gasteiger partial charge in [-0.3, -0.25) is 0 Å². The number of ether oxygens (including phenoxy) is 2. The average Bonchev–Trinajstić information content (AvgIpc) is 2.45. The lowest BCUT2D eigenvalue weighted by atomic mass is 9.89. The van der Waals surface area contributed by atoms with Crippen LogP contribution in [0.15, 0.2) is 18.2 Å². The third-order valence-electron chi connectivity index (χ3n) is 3.95. The van der Waals surface area contributed by atoms with Crippen molar-refractivity contribution in [2.75, 3.05) is 7.11 Å². The Balaban J connectivity index is 1.92. The van der Waals surface area contributed by atoms with E-state index in [2.05, 4.69) is 13.0 Å². The SMILES string of the molecule is COc1cc(COC2CCCC(C)C2)ccc1CN. The first-order valence-corrected chi connectivity index (χ1v) is 7.20. The number of methoxy groups -OCH3 is 1. The van der Waals surface area contributed by atoms with Gasteiger partial charge in [-0.2, -0.15) is 0 Å². The second-order valence-corrected chi connectivity index (χ2v) is 5.56. The summed E-state index contributed by atoms with van der Waals surface area (Å²) in [7, 11) is 1.68. The van der Waals surface area contributed by atoms with Crippen LogP contribution in [0.3, 0.4) is 0 Å². The van der Waals surface area contributed by atoms with E-state index in [1.165, 1.54) is 25.7 Å². The van der Waals surface area contributed by atoms with Crippen LogP contribution in [-0.4, -0.2) is 13.2 Å². The van der Waals surface area contributed by atoms with Gasteiger partial charge in [-0.15, -0.1) is 0 Å². The molecule has 2 rings (SSSR count). The first kappa shape index (κ1) is 14.4. The summed E-state index contributed by atoms with van der Waals surface area (Å²) in [5.74, 6) is 1.66. The van der Waals surface area contributed by atoms with Crippen LogP contribution in [0, 0.1) is 5.92 Å². The van der Waals surface area contributed by atoms with Crippen molar-refractivity contribution in [2.45, 2.75) is 51.9 Å². The van der Waals surface area contributed by atoms with E-state index >= 15 is 0 Å². The minimum absolute atomic E-state index is 0.420. The molecule has 3 nitrogen and oxygen atoms in total. The fraction of sp³-hybridized carbons (Fsp3) is 0.625. The molecule has 2 atom stereocenters. The minimum Gasteiger partial charge on any atom is -0.496 e. The van der Waals surface area contributed by atoms with Crippen LogP contribution in [0.5, 0.6) is 5.75 Å². The Morgan fingerprint density at radius 3 is 2.84 bits per heavy atom. The summed E-state index contributed by atoms with van der Waals surface area (Å²) in [6.07, 6.45) is 5.45. The summed E-state index contributed by atoms with van der Waals surface area (Å²) in [4.78, 5) is 0. The maximum absolute atomic E-state index is 6.03. The van der Waals surface area contributed by atoms with Crippen LogP contribution < -0.4 is 10.5 Å². The Labute approximate surface area is 116 Å². The summed E-state index contributed by atoms with van der Waals surface area (Å²) >= 11 is 0.